The first-order chi connectivity index (χ1) is 12.7. The van der Waals surface area contributed by atoms with E-state index in [9.17, 15) is 13.2 Å². The highest BCUT2D eigenvalue weighted by molar-refractivity contribution is 7.99. The number of benzene rings is 2. The molecular weight excluding hydrogens is 380 g/mol. The number of carbonyl (C=O) groups excluding carboxylic acids is 1. The zero-order valence-corrected chi connectivity index (χ0v) is 17.7. The normalized spacial score (nSPS) is 11.8. The molecule has 0 radical (unpaired) electrons. The van der Waals surface area contributed by atoms with Crippen molar-refractivity contribution < 1.29 is 13.2 Å². The summed E-state index contributed by atoms with van der Waals surface area (Å²) in [6, 6.07) is 14.4. The molecule has 0 unspecified atom stereocenters. The summed E-state index contributed by atoms with van der Waals surface area (Å²) in [5, 5.41) is 2.80. The third kappa shape index (κ3) is 6.09. The van der Waals surface area contributed by atoms with Crippen molar-refractivity contribution in [2.75, 3.05) is 18.1 Å². The average molecular weight is 407 g/mol. The highest BCUT2D eigenvalue weighted by atomic mass is 32.2. The number of rotatable bonds is 8. The molecule has 0 heterocycles. The summed E-state index contributed by atoms with van der Waals surface area (Å²) in [7, 11) is -1.96. The fourth-order valence-electron chi connectivity index (χ4n) is 2.30. The third-order valence-corrected chi connectivity index (χ3v) is 7.22. The van der Waals surface area contributed by atoms with Crippen LogP contribution in [0.4, 0.5) is 5.69 Å². The van der Waals surface area contributed by atoms with Gasteiger partial charge < -0.3 is 5.32 Å². The number of anilines is 1. The lowest BCUT2D eigenvalue weighted by atomic mass is 10.2. The van der Waals surface area contributed by atoms with Gasteiger partial charge in [0, 0.05) is 24.5 Å². The molecule has 0 atom stereocenters. The fourth-order valence-corrected chi connectivity index (χ4v) is 4.45. The summed E-state index contributed by atoms with van der Waals surface area (Å²) >= 11 is 1.54. The lowest BCUT2D eigenvalue weighted by molar-refractivity contribution is -0.113. The molecule has 0 aliphatic rings. The van der Waals surface area contributed by atoms with Crippen LogP contribution < -0.4 is 5.32 Å². The van der Waals surface area contributed by atoms with Crippen LogP contribution in [0, 0.1) is 6.92 Å². The second-order valence-corrected chi connectivity index (χ2v) is 9.65. The van der Waals surface area contributed by atoms with Crippen LogP contribution in [0.1, 0.15) is 25.0 Å². The van der Waals surface area contributed by atoms with Crippen LogP contribution in [0.25, 0.3) is 0 Å². The number of sulfonamides is 1. The number of hydrogen-bond acceptors (Lipinski definition) is 4. The van der Waals surface area contributed by atoms with Crippen LogP contribution in [0.15, 0.2) is 53.4 Å². The number of nitrogens with zero attached hydrogens (tertiary/aromatic N) is 1. The van der Waals surface area contributed by atoms with Gasteiger partial charge in [-0.2, -0.15) is 4.31 Å². The second-order valence-electron chi connectivity index (χ2n) is 6.67. The van der Waals surface area contributed by atoms with Crippen LogP contribution >= 0.6 is 11.8 Å². The van der Waals surface area contributed by atoms with Crippen LogP contribution in [-0.4, -0.2) is 37.5 Å². The maximum Gasteiger partial charge on any atom is 0.243 e. The van der Waals surface area contributed by atoms with Crippen LogP contribution in [-0.2, 0) is 20.6 Å². The maximum atomic E-state index is 12.4. The Hall–Kier alpha value is -1.83. The number of aryl methyl sites for hydroxylation is 1. The van der Waals surface area contributed by atoms with E-state index in [0.29, 0.717) is 11.4 Å². The van der Waals surface area contributed by atoms with Crippen LogP contribution in [0.2, 0.25) is 0 Å². The molecule has 27 heavy (non-hydrogen) atoms. The van der Waals surface area contributed by atoms with Crippen LogP contribution in [0.5, 0.6) is 0 Å². The minimum absolute atomic E-state index is 0.109. The zero-order chi connectivity index (χ0) is 20.0. The minimum atomic E-state index is -3.51. The van der Waals surface area contributed by atoms with E-state index in [2.05, 4.69) is 29.6 Å². The molecule has 7 heteroatoms. The molecule has 0 aliphatic heterocycles. The lowest BCUT2D eigenvalue weighted by Gasteiger charge is -2.21. The minimum Gasteiger partial charge on any atom is -0.325 e. The molecule has 2 aromatic rings. The van der Waals surface area contributed by atoms with Gasteiger partial charge in [-0.05, 0) is 50.6 Å². The van der Waals surface area contributed by atoms with Gasteiger partial charge in [-0.1, -0.05) is 29.8 Å². The summed E-state index contributed by atoms with van der Waals surface area (Å²) in [4.78, 5) is 12.3. The van der Waals surface area contributed by atoms with Crippen molar-refractivity contribution in [1.29, 1.82) is 0 Å². The van der Waals surface area contributed by atoms with Gasteiger partial charge in [0.2, 0.25) is 15.9 Å². The van der Waals surface area contributed by atoms with Crippen molar-refractivity contribution in [2.24, 2.45) is 0 Å². The van der Waals surface area contributed by atoms with Crippen molar-refractivity contribution in [3.8, 4) is 0 Å². The Balaban J connectivity index is 1.88. The van der Waals surface area contributed by atoms with Gasteiger partial charge in [-0.15, -0.1) is 11.8 Å². The predicted molar refractivity (Wildman–Crippen MR) is 112 cm³/mol. The monoisotopic (exact) mass is 406 g/mol. The second kappa shape index (κ2) is 9.39. The molecular formula is C20H26N2O3S2. The molecule has 0 aliphatic carbocycles. The van der Waals surface area contributed by atoms with Crippen molar-refractivity contribution in [1.82, 2.24) is 4.31 Å². The van der Waals surface area contributed by atoms with E-state index < -0.39 is 10.0 Å². The Morgan fingerprint density at radius 2 is 1.67 bits per heavy atom. The fraction of sp³-hybridized carbons (Fsp3) is 0.350. The molecule has 0 aromatic heterocycles. The van der Waals surface area contributed by atoms with Crippen molar-refractivity contribution in [2.45, 2.75) is 37.5 Å². The van der Waals surface area contributed by atoms with Gasteiger partial charge in [0.1, 0.15) is 0 Å². The van der Waals surface area contributed by atoms with Gasteiger partial charge in [-0.3, -0.25) is 4.79 Å². The number of thioether (sulfide) groups is 1. The SMILES string of the molecule is Cc1ccc(CSCC(=O)Nc2ccc(S(=O)(=O)N(C)C(C)C)cc2)cc1. The molecule has 0 bridgehead atoms. The first-order valence-electron chi connectivity index (χ1n) is 8.71. The standard InChI is InChI=1S/C20H26N2O3S2/c1-15(2)22(4)27(24,25)19-11-9-18(10-12-19)21-20(23)14-26-13-17-7-5-16(3)6-8-17/h5-12,15H,13-14H2,1-4H3,(H,21,23). The van der Waals surface area contributed by atoms with Crippen molar-refractivity contribution in [3.63, 3.8) is 0 Å². The maximum absolute atomic E-state index is 12.4. The van der Waals surface area contributed by atoms with Gasteiger partial charge in [0.25, 0.3) is 0 Å². The molecule has 0 saturated heterocycles. The van der Waals surface area contributed by atoms with Crippen molar-refractivity contribution >= 4 is 33.4 Å². The Bertz CT molecular complexity index is 861. The Morgan fingerprint density at radius 1 is 1.07 bits per heavy atom. The third-order valence-electron chi connectivity index (χ3n) is 4.16. The predicted octanol–water partition coefficient (Wildman–Crippen LogP) is 3.90. The molecule has 0 fully saturated rings. The van der Waals surface area contributed by atoms with Crippen molar-refractivity contribution in [3.05, 3.63) is 59.7 Å². The molecule has 1 N–H and O–H groups in total. The summed E-state index contributed by atoms with van der Waals surface area (Å²) in [6.07, 6.45) is 0. The summed E-state index contributed by atoms with van der Waals surface area (Å²) < 4.78 is 26.2. The average Bonchev–Trinajstić information content (AvgIpc) is 2.63. The molecule has 0 spiro atoms. The van der Waals surface area contributed by atoms with Gasteiger partial charge in [0.05, 0.1) is 10.6 Å². The van der Waals surface area contributed by atoms with E-state index in [1.165, 1.54) is 39.3 Å². The highest BCUT2D eigenvalue weighted by Crippen LogP contribution is 2.19. The molecule has 5 nitrogen and oxygen atoms in total. The molecule has 2 rings (SSSR count). The topological polar surface area (TPSA) is 66.5 Å². The number of nitrogens with one attached hydrogen (secondary N) is 1. The lowest BCUT2D eigenvalue weighted by Crippen LogP contribution is -2.33. The van der Waals surface area contributed by atoms with Gasteiger partial charge in [0.15, 0.2) is 0 Å². The first-order valence-corrected chi connectivity index (χ1v) is 11.3. The smallest absolute Gasteiger partial charge is 0.243 e. The Labute approximate surface area is 166 Å². The summed E-state index contributed by atoms with van der Waals surface area (Å²) in [5.41, 5.74) is 2.98. The Morgan fingerprint density at radius 3 is 2.22 bits per heavy atom. The quantitative estimate of drug-likeness (QED) is 0.722. The van der Waals surface area contributed by atoms with E-state index in [1.54, 1.807) is 19.2 Å². The zero-order valence-electron chi connectivity index (χ0n) is 16.1. The molecule has 146 valence electrons. The Kier molecular flexibility index (Phi) is 7.47. The van der Waals surface area contributed by atoms with E-state index in [4.69, 9.17) is 0 Å². The van der Waals surface area contributed by atoms with E-state index in [1.807, 2.05) is 20.8 Å². The van der Waals surface area contributed by atoms with Gasteiger partial charge in [-0.25, -0.2) is 8.42 Å². The van der Waals surface area contributed by atoms with Crippen LogP contribution in [0.3, 0.4) is 0 Å². The molecule has 0 saturated carbocycles. The highest BCUT2D eigenvalue weighted by Gasteiger charge is 2.22. The largest absolute Gasteiger partial charge is 0.325 e. The number of carbonyl (C=O) groups is 1. The van der Waals surface area contributed by atoms with E-state index in [0.717, 1.165) is 5.75 Å². The first kappa shape index (κ1) is 21.5. The number of hydrogen-bond donors (Lipinski definition) is 1. The summed E-state index contributed by atoms with van der Waals surface area (Å²) in [6.45, 7) is 5.68. The van der Waals surface area contributed by atoms with E-state index >= 15 is 0 Å². The van der Waals surface area contributed by atoms with E-state index in [-0.39, 0.29) is 16.8 Å². The molecule has 1 amide bonds. The summed E-state index contributed by atoms with van der Waals surface area (Å²) in [5.74, 6) is 0.998. The number of amides is 1. The molecule has 2 aromatic carbocycles. The van der Waals surface area contributed by atoms with Gasteiger partial charge >= 0.3 is 0 Å².